The standard InChI is InChI=1S/C17H15F2N3O2S/c1-10(12-5-4-11(18)9-13(12)19)20-15(23)6-7-16-21-17(22-24-16)14-3-2-8-25-14/h2-5,8-10H,6-7H2,1H3,(H,20,23)/t10-/m1/s1. The summed E-state index contributed by atoms with van der Waals surface area (Å²) in [5.41, 5.74) is 0.229. The maximum Gasteiger partial charge on any atom is 0.227 e. The van der Waals surface area contributed by atoms with Crippen LogP contribution in [0.15, 0.2) is 40.2 Å². The molecule has 3 rings (SSSR count). The highest BCUT2D eigenvalue weighted by Gasteiger charge is 2.16. The molecule has 0 aliphatic heterocycles. The molecule has 0 saturated heterocycles. The molecule has 0 aliphatic rings. The van der Waals surface area contributed by atoms with Gasteiger partial charge in [0.1, 0.15) is 11.6 Å². The molecule has 0 bridgehead atoms. The van der Waals surface area contributed by atoms with Crippen LogP contribution in [-0.2, 0) is 11.2 Å². The van der Waals surface area contributed by atoms with Crippen molar-refractivity contribution in [1.82, 2.24) is 15.5 Å². The van der Waals surface area contributed by atoms with Gasteiger partial charge in [0.25, 0.3) is 0 Å². The highest BCUT2D eigenvalue weighted by atomic mass is 32.1. The molecule has 1 atom stereocenters. The van der Waals surface area contributed by atoms with Crippen LogP contribution in [-0.4, -0.2) is 16.0 Å². The summed E-state index contributed by atoms with van der Waals surface area (Å²) >= 11 is 1.50. The number of hydrogen-bond acceptors (Lipinski definition) is 5. The summed E-state index contributed by atoms with van der Waals surface area (Å²) in [6, 6.07) is 6.47. The minimum absolute atomic E-state index is 0.124. The Kier molecular flexibility index (Phi) is 5.18. The number of rotatable bonds is 6. The molecule has 0 saturated carbocycles. The van der Waals surface area contributed by atoms with Crippen LogP contribution in [0.4, 0.5) is 8.78 Å². The summed E-state index contributed by atoms with van der Waals surface area (Å²) in [6.45, 7) is 1.63. The van der Waals surface area contributed by atoms with E-state index in [2.05, 4.69) is 15.5 Å². The quantitative estimate of drug-likeness (QED) is 0.721. The average molecular weight is 363 g/mol. The second kappa shape index (κ2) is 7.52. The van der Waals surface area contributed by atoms with Crippen LogP contribution in [0.3, 0.4) is 0 Å². The number of thiophene rings is 1. The Balaban J connectivity index is 1.54. The minimum atomic E-state index is -0.690. The zero-order chi connectivity index (χ0) is 17.8. The molecule has 5 nitrogen and oxygen atoms in total. The number of aromatic nitrogens is 2. The molecule has 1 aromatic carbocycles. The topological polar surface area (TPSA) is 68.0 Å². The van der Waals surface area contributed by atoms with Gasteiger partial charge in [0, 0.05) is 24.5 Å². The maximum absolute atomic E-state index is 13.7. The van der Waals surface area contributed by atoms with Gasteiger partial charge in [-0.1, -0.05) is 17.3 Å². The predicted molar refractivity (Wildman–Crippen MR) is 88.8 cm³/mol. The van der Waals surface area contributed by atoms with E-state index in [0.717, 1.165) is 17.0 Å². The van der Waals surface area contributed by atoms with Gasteiger partial charge in [-0.25, -0.2) is 8.78 Å². The van der Waals surface area contributed by atoms with Crippen LogP contribution < -0.4 is 5.32 Å². The zero-order valence-corrected chi connectivity index (χ0v) is 14.1. The molecule has 2 aromatic heterocycles. The Morgan fingerprint density at radius 1 is 1.36 bits per heavy atom. The number of nitrogens with one attached hydrogen (secondary N) is 1. The largest absolute Gasteiger partial charge is 0.349 e. The first-order valence-corrected chi connectivity index (χ1v) is 8.51. The van der Waals surface area contributed by atoms with Gasteiger partial charge in [-0.2, -0.15) is 4.98 Å². The van der Waals surface area contributed by atoms with Crippen LogP contribution in [0.1, 0.15) is 30.8 Å². The van der Waals surface area contributed by atoms with Crippen molar-refractivity contribution >= 4 is 17.2 Å². The van der Waals surface area contributed by atoms with E-state index in [0.29, 0.717) is 11.7 Å². The van der Waals surface area contributed by atoms with E-state index in [9.17, 15) is 13.6 Å². The van der Waals surface area contributed by atoms with Gasteiger partial charge in [-0.3, -0.25) is 4.79 Å². The SMILES string of the molecule is C[C@@H](NC(=O)CCc1nc(-c2cccs2)no1)c1ccc(F)cc1F. The molecule has 3 aromatic rings. The highest BCUT2D eigenvalue weighted by molar-refractivity contribution is 7.13. The number of amides is 1. The van der Waals surface area contributed by atoms with Gasteiger partial charge in [-0.05, 0) is 24.4 Å². The van der Waals surface area contributed by atoms with E-state index in [1.165, 1.54) is 17.4 Å². The van der Waals surface area contributed by atoms with Gasteiger partial charge < -0.3 is 9.84 Å². The summed E-state index contributed by atoms with van der Waals surface area (Å²) in [6.07, 6.45) is 0.405. The number of nitrogens with zero attached hydrogens (tertiary/aromatic N) is 2. The summed E-state index contributed by atoms with van der Waals surface area (Å²) < 4.78 is 31.8. The zero-order valence-electron chi connectivity index (χ0n) is 13.3. The number of benzene rings is 1. The van der Waals surface area contributed by atoms with E-state index < -0.39 is 17.7 Å². The van der Waals surface area contributed by atoms with E-state index in [-0.39, 0.29) is 24.3 Å². The van der Waals surface area contributed by atoms with E-state index >= 15 is 0 Å². The summed E-state index contributed by atoms with van der Waals surface area (Å²) in [5, 5.41) is 8.46. The van der Waals surface area contributed by atoms with E-state index in [4.69, 9.17) is 4.52 Å². The van der Waals surface area contributed by atoms with E-state index in [1.807, 2.05) is 17.5 Å². The summed E-state index contributed by atoms with van der Waals surface area (Å²) in [4.78, 5) is 17.1. The first-order chi connectivity index (χ1) is 12.0. The number of hydrogen-bond donors (Lipinski definition) is 1. The third-order valence-electron chi connectivity index (χ3n) is 3.58. The average Bonchev–Trinajstić information content (AvgIpc) is 3.24. The minimum Gasteiger partial charge on any atom is -0.349 e. The lowest BCUT2D eigenvalue weighted by Crippen LogP contribution is -2.27. The Morgan fingerprint density at radius 3 is 2.92 bits per heavy atom. The fourth-order valence-corrected chi connectivity index (χ4v) is 2.98. The second-order valence-electron chi connectivity index (χ2n) is 5.44. The molecule has 1 amide bonds. The van der Waals surface area contributed by atoms with Gasteiger partial charge in [0.15, 0.2) is 0 Å². The van der Waals surface area contributed by atoms with Gasteiger partial charge >= 0.3 is 0 Å². The monoisotopic (exact) mass is 363 g/mol. The van der Waals surface area contributed by atoms with Gasteiger partial charge in [0.2, 0.25) is 17.6 Å². The lowest BCUT2D eigenvalue weighted by atomic mass is 10.1. The third kappa shape index (κ3) is 4.27. The van der Waals surface area contributed by atoms with Crippen LogP contribution in [0, 0.1) is 11.6 Å². The normalized spacial score (nSPS) is 12.1. The molecular weight excluding hydrogens is 348 g/mol. The third-order valence-corrected chi connectivity index (χ3v) is 4.45. The molecule has 130 valence electrons. The van der Waals surface area contributed by atoms with Gasteiger partial charge in [0.05, 0.1) is 10.9 Å². The molecular formula is C17H15F2N3O2S. The van der Waals surface area contributed by atoms with Crippen molar-refractivity contribution in [1.29, 1.82) is 0 Å². The lowest BCUT2D eigenvalue weighted by molar-refractivity contribution is -0.121. The highest BCUT2D eigenvalue weighted by Crippen LogP contribution is 2.22. The fourth-order valence-electron chi connectivity index (χ4n) is 2.33. The van der Waals surface area contributed by atoms with Crippen LogP contribution in [0.2, 0.25) is 0 Å². The van der Waals surface area contributed by atoms with Crippen molar-refractivity contribution in [2.75, 3.05) is 0 Å². The number of aryl methyl sites for hydroxylation is 1. The number of halogens is 2. The molecule has 0 fully saturated rings. The van der Waals surface area contributed by atoms with Crippen molar-refractivity contribution < 1.29 is 18.1 Å². The predicted octanol–water partition coefficient (Wildman–Crippen LogP) is 3.89. The van der Waals surface area contributed by atoms with Crippen LogP contribution in [0.5, 0.6) is 0 Å². The van der Waals surface area contributed by atoms with Crippen molar-refractivity contribution in [2.24, 2.45) is 0 Å². The molecule has 0 aliphatic carbocycles. The van der Waals surface area contributed by atoms with Crippen LogP contribution in [0.25, 0.3) is 10.7 Å². The smallest absolute Gasteiger partial charge is 0.227 e. The maximum atomic E-state index is 13.7. The van der Waals surface area contributed by atoms with Gasteiger partial charge in [-0.15, -0.1) is 11.3 Å². The van der Waals surface area contributed by atoms with E-state index in [1.54, 1.807) is 6.92 Å². The Morgan fingerprint density at radius 2 is 2.20 bits per heavy atom. The molecule has 25 heavy (non-hydrogen) atoms. The summed E-state index contributed by atoms with van der Waals surface area (Å²) in [5.74, 6) is -0.776. The first kappa shape index (κ1) is 17.2. The Bertz CT molecular complexity index is 865. The lowest BCUT2D eigenvalue weighted by Gasteiger charge is -2.14. The number of carbonyl (C=O) groups is 1. The second-order valence-corrected chi connectivity index (χ2v) is 6.39. The fraction of sp³-hybridized carbons (Fsp3) is 0.235. The molecule has 0 radical (unpaired) electrons. The van der Waals surface area contributed by atoms with Crippen LogP contribution >= 0.6 is 11.3 Å². The molecule has 2 heterocycles. The Labute approximate surface area is 146 Å². The summed E-state index contributed by atoms with van der Waals surface area (Å²) in [7, 11) is 0. The van der Waals surface area contributed by atoms with Crippen molar-refractivity contribution in [3.8, 4) is 10.7 Å². The van der Waals surface area contributed by atoms with Crippen molar-refractivity contribution in [3.05, 3.63) is 58.8 Å². The molecule has 8 heteroatoms. The van der Waals surface area contributed by atoms with Crippen molar-refractivity contribution in [2.45, 2.75) is 25.8 Å². The number of carbonyl (C=O) groups excluding carboxylic acids is 1. The van der Waals surface area contributed by atoms with Crippen molar-refractivity contribution in [3.63, 3.8) is 0 Å². The Hall–Kier alpha value is -2.61. The molecule has 1 N–H and O–H groups in total. The first-order valence-electron chi connectivity index (χ1n) is 7.63. The molecule has 0 unspecified atom stereocenters. The molecule has 0 spiro atoms.